The maximum atomic E-state index is 12.9. The number of para-hydroxylation sites is 1. The molecule has 0 bridgehead atoms. The summed E-state index contributed by atoms with van der Waals surface area (Å²) in [5.74, 6) is 4.79. The lowest BCUT2D eigenvalue weighted by molar-refractivity contribution is -0.438. The summed E-state index contributed by atoms with van der Waals surface area (Å²) >= 11 is 0. The molecule has 71 heavy (non-hydrogen) atoms. The molecule has 2 aliphatic rings. The zero-order valence-electron chi connectivity index (χ0n) is 42.3. The fourth-order valence-corrected chi connectivity index (χ4v) is 9.25. The van der Waals surface area contributed by atoms with Crippen LogP contribution in [0.25, 0.3) is 10.9 Å². The number of methoxy groups -OCH3 is 2. The Bertz CT molecular complexity index is 2840. The van der Waals surface area contributed by atoms with Gasteiger partial charge in [0.05, 0.1) is 24.6 Å². The van der Waals surface area contributed by atoms with Gasteiger partial charge in [0.15, 0.2) is 17.2 Å². The predicted molar refractivity (Wildman–Crippen MR) is 283 cm³/mol. The van der Waals surface area contributed by atoms with Gasteiger partial charge in [-0.25, -0.2) is 9.97 Å². The van der Waals surface area contributed by atoms with Gasteiger partial charge in [-0.3, -0.25) is 4.79 Å². The summed E-state index contributed by atoms with van der Waals surface area (Å²) in [6.07, 6.45) is 27.3. The van der Waals surface area contributed by atoms with Gasteiger partial charge in [0.1, 0.15) is 44.3 Å². The van der Waals surface area contributed by atoms with E-state index < -0.39 is 0 Å². The van der Waals surface area contributed by atoms with Crippen LogP contribution >= 0.6 is 0 Å². The molecular weight excluding hydrogens is 955 g/mol. The molecule has 0 atom stereocenters. The smallest absolute Gasteiger partial charge is 0.305 e. The number of benzene rings is 4. The third-order valence-corrected chi connectivity index (χ3v) is 13.0. The largest absolute Gasteiger partial charge is 1.00 e. The van der Waals surface area contributed by atoms with E-state index >= 15 is 0 Å². The van der Waals surface area contributed by atoms with E-state index in [4.69, 9.17) is 30.1 Å². The molecule has 4 aromatic carbocycles. The van der Waals surface area contributed by atoms with E-state index in [1.807, 2.05) is 36.4 Å². The topological polar surface area (TPSA) is 107 Å². The molecular formula is C59H68BrN5O6. The first-order chi connectivity index (χ1) is 34.0. The number of nitrogens with zero attached hydrogens (tertiary/aromatic N) is 4. The second-order valence-corrected chi connectivity index (χ2v) is 18.5. The number of nitrogens with one attached hydrogen (secondary N) is 1. The minimum atomic E-state index is -0.259. The molecule has 372 valence electrons. The zero-order chi connectivity index (χ0) is 49.5. The summed E-state index contributed by atoms with van der Waals surface area (Å²) < 4.78 is 31.1. The number of fused-ring (bicyclic) bond motifs is 3. The van der Waals surface area contributed by atoms with Crippen LogP contribution in [0.4, 0.5) is 22.9 Å². The second-order valence-electron chi connectivity index (χ2n) is 18.5. The van der Waals surface area contributed by atoms with Crippen molar-refractivity contribution in [3.8, 4) is 29.6 Å². The molecule has 0 unspecified atom stereocenters. The summed E-state index contributed by atoms with van der Waals surface area (Å²) in [6, 6.07) is 26.3. The summed E-state index contributed by atoms with van der Waals surface area (Å²) in [5, 5.41) is 4.06. The van der Waals surface area contributed by atoms with Crippen molar-refractivity contribution in [1.82, 2.24) is 9.97 Å². The van der Waals surface area contributed by atoms with Crippen LogP contribution in [0, 0.1) is 12.3 Å². The minimum Gasteiger partial charge on any atom is -1.00 e. The summed E-state index contributed by atoms with van der Waals surface area (Å²) in [6.45, 7) is 14.2. The molecule has 7 rings (SSSR count). The molecule has 2 aliphatic heterocycles. The SMILES string of the molecule is C#Cc1cccc(Nc2ncnc3cc(OCCOC)c(OCCOC(=O)CCCCCN4C(=CC=CC=CC=CC5=[N+](CCCC)c6ccccc6C5(C)C)C(C)(C)c5cc(OC)ccc54)cc23)c1.[Br-]. The molecule has 0 saturated carbocycles. The van der Waals surface area contributed by atoms with E-state index in [1.165, 1.54) is 40.2 Å². The van der Waals surface area contributed by atoms with E-state index in [2.05, 4.69) is 144 Å². The van der Waals surface area contributed by atoms with Crippen LogP contribution in [0.15, 0.2) is 133 Å². The molecule has 1 aromatic heterocycles. The normalized spacial score (nSPS) is 15.1. The first-order valence-electron chi connectivity index (χ1n) is 24.5. The first kappa shape index (κ1) is 53.7. The van der Waals surface area contributed by atoms with Crippen molar-refractivity contribution >= 4 is 45.5 Å². The van der Waals surface area contributed by atoms with E-state index in [9.17, 15) is 4.79 Å². The number of rotatable bonds is 24. The second kappa shape index (κ2) is 25.4. The highest BCUT2D eigenvalue weighted by molar-refractivity contribution is 6.03. The van der Waals surface area contributed by atoms with Crippen LogP contribution in [-0.4, -0.2) is 80.0 Å². The zero-order valence-corrected chi connectivity index (χ0v) is 43.9. The van der Waals surface area contributed by atoms with Crippen molar-refractivity contribution in [2.75, 3.05) is 64.0 Å². The Morgan fingerprint density at radius 3 is 2.37 bits per heavy atom. The number of anilines is 3. The van der Waals surface area contributed by atoms with Gasteiger partial charge in [-0.2, -0.15) is 4.58 Å². The van der Waals surface area contributed by atoms with Crippen LogP contribution < -0.4 is 41.4 Å². The Hall–Kier alpha value is -6.68. The number of hydrogen-bond donors (Lipinski definition) is 1. The fourth-order valence-electron chi connectivity index (χ4n) is 9.25. The van der Waals surface area contributed by atoms with Gasteiger partial charge in [0.2, 0.25) is 5.69 Å². The molecule has 0 amide bonds. The Balaban J connectivity index is 0.00000825. The third kappa shape index (κ3) is 13.0. The number of hydrogen-bond acceptors (Lipinski definition) is 10. The number of terminal acetylenes is 1. The van der Waals surface area contributed by atoms with Gasteiger partial charge < -0.3 is 50.9 Å². The number of halogens is 1. The highest BCUT2D eigenvalue weighted by Gasteiger charge is 2.44. The van der Waals surface area contributed by atoms with Crippen molar-refractivity contribution in [2.24, 2.45) is 0 Å². The van der Waals surface area contributed by atoms with Gasteiger partial charge in [-0.15, -0.1) is 6.42 Å². The fraction of sp³-hybridized carbons (Fsp3) is 0.356. The number of aromatic nitrogens is 2. The van der Waals surface area contributed by atoms with Gasteiger partial charge in [0, 0.05) is 83.7 Å². The highest BCUT2D eigenvalue weighted by atomic mass is 79.9. The Kier molecular flexibility index (Phi) is 19.2. The maximum Gasteiger partial charge on any atom is 0.305 e. The number of carbonyl (C=O) groups is 1. The molecule has 11 nitrogen and oxygen atoms in total. The van der Waals surface area contributed by atoms with Crippen LogP contribution in [0.3, 0.4) is 0 Å². The van der Waals surface area contributed by atoms with E-state index in [-0.39, 0.29) is 47.0 Å². The lowest BCUT2D eigenvalue weighted by Gasteiger charge is -2.27. The van der Waals surface area contributed by atoms with Crippen LogP contribution in [0.1, 0.15) is 89.8 Å². The van der Waals surface area contributed by atoms with E-state index in [0.29, 0.717) is 48.9 Å². The van der Waals surface area contributed by atoms with Crippen molar-refractivity contribution < 1.29 is 50.0 Å². The number of ether oxygens (including phenoxy) is 5. The molecule has 0 saturated heterocycles. The minimum absolute atomic E-state index is 0. The van der Waals surface area contributed by atoms with E-state index in [0.717, 1.165) is 61.2 Å². The highest BCUT2D eigenvalue weighted by Crippen LogP contribution is 2.49. The number of unbranched alkanes of at least 4 members (excludes halogenated alkanes) is 3. The summed E-state index contributed by atoms with van der Waals surface area (Å²) in [4.78, 5) is 24.3. The molecule has 0 fully saturated rings. The Morgan fingerprint density at radius 1 is 0.803 bits per heavy atom. The molecule has 1 N–H and O–H groups in total. The quantitative estimate of drug-likeness (QED) is 0.0212. The van der Waals surface area contributed by atoms with Gasteiger partial charge >= 0.3 is 5.97 Å². The summed E-state index contributed by atoms with van der Waals surface area (Å²) in [7, 11) is 3.33. The average molecular weight is 1020 g/mol. The molecule has 0 radical (unpaired) electrons. The lowest BCUT2D eigenvalue weighted by atomic mass is 9.81. The molecule has 0 aliphatic carbocycles. The Morgan fingerprint density at radius 2 is 1.58 bits per heavy atom. The van der Waals surface area contributed by atoms with E-state index in [1.54, 1.807) is 20.3 Å². The van der Waals surface area contributed by atoms with Gasteiger partial charge in [-0.1, -0.05) is 94.2 Å². The lowest BCUT2D eigenvalue weighted by Crippen LogP contribution is -3.00. The monoisotopic (exact) mass is 1020 g/mol. The van der Waals surface area contributed by atoms with Crippen molar-refractivity contribution in [2.45, 2.75) is 84.0 Å². The Labute approximate surface area is 431 Å². The van der Waals surface area contributed by atoms with Crippen LogP contribution in [0.2, 0.25) is 0 Å². The number of esters is 1. The summed E-state index contributed by atoms with van der Waals surface area (Å²) in [5.41, 5.74) is 9.57. The predicted octanol–water partition coefficient (Wildman–Crippen LogP) is 9.10. The van der Waals surface area contributed by atoms with Crippen molar-refractivity contribution in [1.29, 1.82) is 0 Å². The molecule has 5 aromatic rings. The number of carbonyl (C=O) groups excluding carboxylic acids is 1. The van der Waals surface area contributed by atoms with Crippen molar-refractivity contribution in [3.05, 3.63) is 150 Å². The van der Waals surface area contributed by atoms with Gasteiger partial charge in [0.25, 0.3) is 0 Å². The number of allylic oxidation sites excluding steroid dienone is 8. The standard InChI is InChI=1S/C59H68N5O6.BrH/c1-9-11-32-63-50-26-20-19-25-47(50)58(3,4)54(63)27-16-13-12-14-17-28-55-59(5,6)48-39-45(67-8)30-31-51(48)64(55)33-21-15-18-29-56(65)70-37-36-69-52-40-46-49(41-53(52)68-35-34-66-7)60-42-61-57(46)62-44-24-22-23-43(10-2)38-44;/h2,12-14,16-17,19-20,22-28,30-31,38-42H,9,11,15,18,21,29,32-37H2,1,3-8H3,(H,60,61,62);1H/q+1;/p-1. The van der Waals surface area contributed by atoms with Gasteiger partial charge in [-0.05, 0) is 80.8 Å². The van der Waals surface area contributed by atoms with Crippen molar-refractivity contribution in [3.63, 3.8) is 0 Å². The third-order valence-electron chi connectivity index (χ3n) is 13.0. The van der Waals surface area contributed by atoms with Crippen LogP contribution in [0.5, 0.6) is 17.2 Å². The first-order valence-corrected chi connectivity index (χ1v) is 24.5. The molecule has 0 spiro atoms. The average Bonchev–Trinajstić information content (AvgIpc) is 3.71. The van der Waals surface area contributed by atoms with Crippen LogP contribution in [-0.2, 0) is 25.1 Å². The maximum absolute atomic E-state index is 12.9. The molecule has 3 heterocycles. The molecule has 12 heteroatoms.